The molecule has 1 aliphatic heterocycles. The zero-order valence-corrected chi connectivity index (χ0v) is 15.4. The Morgan fingerprint density at radius 1 is 1.21 bits per heavy atom. The minimum atomic E-state index is -1.50. The van der Waals surface area contributed by atoms with E-state index < -0.39 is 37.1 Å². The van der Waals surface area contributed by atoms with Gasteiger partial charge in [-0.2, -0.15) is 0 Å². The van der Waals surface area contributed by atoms with E-state index in [1.807, 2.05) is 6.92 Å². The standard InChI is InChI=1S/C18H25N3O7/c1-2-3-9-13(23)20-14-16(25)15(24)12(10-22)27-17(14)21-28-18(26)19-11-7-5-4-6-8-11/h4-8,12,14-16,22,24-25H,2-3,9-10H2,1H3,(H,19,26)(H,20,23)/b21-17+/t12-,14-,15-,16-/m1/s1. The Labute approximate surface area is 162 Å². The van der Waals surface area contributed by atoms with Crippen molar-refractivity contribution in [3.8, 4) is 0 Å². The first-order chi connectivity index (χ1) is 13.5. The third kappa shape index (κ3) is 5.91. The average molecular weight is 395 g/mol. The van der Waals surface area contributed by atoms with Gasteiger partial charge in [0.1, 0.15) is 18.2 Å². The van der Waals surface area contributed by atoms with Gasteiger partial charge in [-0.1, -0.05) is 31.5 Å². The number of para-hydroxylation sites is 1. The normalized spacial score (nSPS) is 25.6. The van der Waals surface area contributed by atoms with Crippen LogP contribution in [-0.2, 0) is 14.4 Å². The number of unbranched alkanes of at least 4 members (excludes halogenated alkanes) is 1. The zero-order valence-electron chi connectivity index (χ0n) is 15.4. The summed E-state index contributed by atoms with van der Waals surface area (Å²) in [4.78, 5) is 28.6. The van der Waals surface area contributed by atoms with Gasteiger partial charge in [0.25, 0.3) is 5.90 Å². The van der Waals surface area contributed by atoms with E-state index in [0.717, 1.165) is 6.42 Å². The number of aliphatic hydroxyl groups is 3. The van der Waals surface area contributed by atoms with Crippen LogP contribution in [0.25, 0.3) is 0 Å². The van der Waals surface area contributed by atoms with Crippen molar-refractivity contribution in [1.29, 1.82) is 0 Å². The Balaban J connectivity index is 2.09. The van der Waals surface area contributed by atoms with Crippen LogP contribution in [0.4, 0.5) is 10.5 Å². The smallest absolute Gasteiger partial charge is 0.437 e. The fourth-order valence-corrected chi connectivity index (χ4v) is 2.56. The second-order valence-electron chi connectivity index (χ2n) is 6.27. The number of anilines is 1. The summed E-state index contributed by atoms with van der Waals surface area (Å²) in [7, 11) is 0. The van der Waals surface area contributed by atoms with Crippen LogP contribution in [0.15, 0.2) is 35.5 Å². The summed E-state index contributed by atoms with van der Waals surface area (Å²) >= 11 is 0. The number of carbonyl (C=O) groups is 2. The molecule has 0 spiro atoms. The Morgan fingerprint density at radius 3 is 2.57 bits per heavy atom. The SMILES string of the molecule is CCCCC(=O)N[C@H]1/C(=N\OC(=O)Nc2ccccc2)O[C@H](CO)[C@@H](O)[C@@H]1O. The van der Waals surface area contributed by atoms with Gasteiger partial charge in [-0.15, -0.1) is 0 Å². The molecule has 0 aromatic heterocycles. The number of rotatable bonds is 7. The van der Waals surface area contributed by atoms with E-state index in [2.05, 4.69) is 15.8 Å². The number of aliphatic hydroxyl groups excluding tert-OH is 3. The Bertz CT molecular complexity index is 683. The van der Waals surface area contributed by atoms with Crippen LogP contribution < -0.4 is 10.6 Å². The largest absolute Gasteiger partial charge is 0.468 e. The van der Waals surface area contributed by atoms with E-state index in [-0.39, 0.29) is 18.2 Å². The van der Waals surface area contributed by atoms with Gasteiger partial charge in [0.15, 0.2) is 6.10 Å². The molecule has 2 rings (SSSR count). The van der Waals surface area contributed by atoms with Crippen molar-refractivity contribution in [2.75, 3.05) is 11.9 Å². The molecule has 1 saturated heterocycles. The van der Waals surface area contributed by atoms with Gasteiger partial charge in [-0.3, -0.25) is 14.9 Å². The molecule has 10 nitrogen and oxygen atoms in total. The highest BCUT2D eigenvalue weighted by molar-refractivity contribution is 5.90. The fourth-order valence-electron chi connectivity index (χ4n) is 2.56. The Kier molecular flexibility index (Phi) is 8.18. The number of hydrogen-bond donors (Lipinski definition) is 5. The fraction of sp³-hybridized carbons (Fsp3) is 0.500. The predicted octanol–water partition coefficient (Wildman–Crippen LogP) is 0.336. The van der Waals surface area contributed by atoms with Crippen molar-refractivity contribution >= 4 is 23.6 Å². The Hall–Kier alpha value is -2.69. The topological polar surface area (TPSA) is 150 Å². The van der Waals surface area contributed by atoms with Crippen molar-refractivity contribution in [2.45, 2.75) is 50.5 Å². The van der Waals surface area contributed by atoms with Gasteiger partial charge in [-0.25, -0.2) is 4.79 Å². The molecule has 1 fully saturated rings. The van der Waals surface area contributed by atoms with Crippen LogP contribution in [0.3, 0.4) is 0 Å². The number of benzene rings is 1. The first kappa shape index (κ1) is 21.6. The highest BCUT2D eigenvalue weighted by Crippen LogP contribution is 2.18. The summed E-state index contributed by atoms with van der Waals surface area (Å²) in [6.45, 7) is 1.32. The van der Waals surface area contributed by atoms with Crippen molar-refractivity contribution < 1.29 is 34.5 Å². The number of ether oxygens (including phenoxy) is 1. The summed E-state index contributed by atoms with van der Waals surface area (Å²) in [5.41, 5.74) is 0.477. The minimum Gasteiger partial charge on any atom is -0.468 e. The monoisotopic (exact) mass is 395 g/mol. The van der Waals surface area contributed by atoms with Crippen molar-refractivity contribution in [1.82, 2.24) is 5.32 Å². The van der Waals surface area contributed by atoms with Gasteiger partial charge in [0, 0.05) is 12.1 Å². The molecule has 1 aromatic rings. The molecule has 0 saturated carbocycles. The van der Waals surface area contributed by atoms with Crippen LogP contribution in [0.2, 0.25) is 0 Å². The average Bonchev–Trinajstić information content (AvgIpc) is 2.70. The maximum atomic E-state index is 12.0. The van der Waals surface area contributed by atoms with Gasteiger partial charge in [0.2, 0.25) is 5.91 Å². The quantitative estimate of drug-likeness (QED) is 0.330. The lowest BCUT2D eigenvalue weighted by molar-refractivity contribution is -0.128. The number of carbonyl (C=O) groups excluding carboxylic acids is 2. The molecule has 154 valence electrons. The molecule has 28 heavy (non-hydrogen) atoms. The molecule has 0 aliphatic carbocycles. The Morgan fingerprint density at radius 2 is 1.93 bits per heavy atom. The predicted molar refractivity (Wildman–Crippen MR) is 99.4 cm³/mol. The molecule has 1 aliphatic rings. The second kappa shape index (κ2) is 10.6. The molecule has 0 radical (unpaired) electrons. The van der Waals surface area contributed by atoms with Crippen LogP contribution >= 0.6 is 0 Å². The summed E-state index contributed by atoms with van der Waals surface area (Å²) < 4.78 is 5.31. The molecule has 0 bridgehead atoms. The minimum absolute atomic E-state index is 0.210. The molecule has 0 unspecified atom stereocenters. The summed E-state index contributed by atoms with van der Waals surface area (Å²) in [6, 6.07) is 7.27. The van der Waals surface area contributed by atoms with Crippen molar-refractivity contribution in [2.24, 2.45) is 5.16 Å². The van der Waals surface area contributed by atoms with Crippen molar-refractivity contribution in [3.63, 3.8) is 0 Å². The molecular weight excluding hydrogens is 370 g/mol. The lowest BCUT2D eigenvalue weighted by Crippen LogP contribution is -2.62. The third-order valence-corrected chi connectivity index (χ3v) is 4.10. The number of nitrogens with one attached hydrogen (secondary N) is 2. The molecule has 5 N–H and O–H groups in total. The van der Waals surface area contributed by atoms with Gasteiger partial charge in [0.05, 0.1) is 6.61 Å². The maximum absolute atomic E-state index is 12.0. The third-order valence-electron chi connectivity index (χ3n) is 4.10. The van der Waals surface area contributed by atoms with E-state index in [1.54, 1.807) is 30.3 Å². The maximum Gasteiger partial charge on any atom is 0.437 e. The number of nitrogens with zero attached hydrogens (tertiary/aromatic N) is 1. The van der Waals surface area contributed by atoms with Crippen LogP contribution in [-0.4, -0.2) is 64.2 Å². The summed E-state index contributed by atoms with van der Waals surface area (Å²) in [5, 5.41) is 38.1. The zero-order chi connectivity index (χ0) is 20.5. The summed E-state index contributed by atoms with van der Waals surface area (Å²) in [5.74, 6) is -0.713. The molecule has 2 amide bonds. The highest BCUT2D eigenvalue weighted by atomic mass is 16.7. The first-order valence-electron chi connectivity index (χ1n) is 9.00. The summed E-state index contributed by atoms with van der Waals surface area (Å²) in [6.07, 6.45) is -3.41. The van der Waals surface area contributed by atoms with E-state index >= 15 is 0 Å². The molecular formula is C18H25N3O7. The number of amides is 2. The van der Waals surface area contributed by atoms with E-state index in [1.165, 1.54) is 0 Å². The second-order valence-corrected chi connectivity index (χ2v) is 6.27. The number of oxime groups is 1. The lowest BCUT2D eigenvalue weighted by atomic mass is 9.97. The lowest BCUT2D eigenvalue weighted by Gasteiger charge is -2.37. The van der Waals surface area contributed by atoms with Gasteiger partial charge < -0.3 is 25.4 Å². The van der Waals surface area contributed by atoms with E-state index in [0.29, 0.717) is 12.1 Å². The van der Waals surface area contributed by atoms with Crippen LogP contribution in [0, 0.1) is 0 Å². The molecule has 4 atom stereocenters. The molecule has 1 aromatic carbocycles. The van der Waals surface area contributed by atoms with Crippen LogP contribution in [0.5, 0.6) is 0 Å². The van der Waals surface area contributed by atoms with E-state index in [4.69, 9.17) is 9.57 Å². The van der Waals surface area contributed by atoms with Crippen molar-refractivity contribution in [3.05, 3.63) is 30.3 Å². The van der Waals surface area contributed by atoms with E-state index in [9.17, 15) is 24.9 Å². The number of hydrogen-bond acceptors (Lipinski definition) is 8. The van der Waals surface area contributed by atoms with Crippen LogP contribution in [0.1, 0.15) is 26.2 Å². The van der Waals surface area contributed by atoms with Gasteiger partial charge >= 0.3 is 6.09 Å². The first-order valence-corrected chi connectivity index (χ1v) is 9.00. The molecule has 1 heterocycles. The molecule has 10 heteroatoms. The highest BCUT2D eigenvalue weighted by Gasteiger charge is 2.44. The van der Waals surface area contributed by atoms with Gasteiger partial charge in [-0.05, 0) is 23.7 Å².